The molecule has 0 aliphatic carbocycles. The molecule has 138 valence electrons. The van der Waals surface area contributed by atoms with Crippen LogP contribution >= 0.6 is 0 Å². The largest absolute Gasteiger partial charge is 0.369 e. The summed E-state index contributed by atoms with van der Waals surface area (Å²) < 4.78 is 2.11. The van der Waals surface area contributed by atoms with Gasteiger partial charge in [0.2, 0.25) is 5.95 Å². The minimum absolute atomic E-state index is 0.0833. The number of amides is 1. The highest BCUT2D eigenvalue weighted by Gasteiger charge is 2.30. The van der Waals surface area contributed by atoms with Gasteiger partial charge >= 0.3 is 0 Å². The number of hydrogen-bond donors (Lipinski definition) is 0. The average Bonchev–Trinajstić information content (AvgIpc) is 3.27. The van der Waals surface area contributed by atoms with Gasteiger partial charge in [0.1, 0.15) is 5.69 Å². The molecule has 3 aromatic rings. The molecule has 2 aliphatic rings. The molecule has 0 bridgehead atoms. The highest BCUT2D eigenvalue weighted by Crippen LogP contribution is 2.28. The first kappa shape index (κ1) is 16.3. The molecule has 4 heterocycles. The number of fused-ring (bicyclic) bond motifs is 3. The molecule has 2 aromatic heterocycles. The number of rotatable bonds is 2. The van der Waals surface area contributed by atoms with Crippen LogP contribution in [0.1, 0.15) is 10.5 Å². The smallest absolute Gasteiger partial charge is 0.279 e. The van der Waals surface area contributed by atoms with E-state index in [1.54, 1.807) is 11.1 Å². The highest BCUT2D eigenvalue weighted by molar-refractivity contribution is 6.05. The first-order valence-corrected chi connectivity index (χ1v) is 9.37. The molecule has 0 unspecified atom stereocenters. The Morgan fingerprint density at radius 2 is 1.81 bits per heavy atom. The number of benzene rings is 1. The number of likely N-dealkylation sites (N-methyl/N-ethyl adjacent to an activating group) is 1. The van der Waals surface area contributed by atoms with Crippen molar-refractivity contribution in [3.8, 4) is 0 Å². The fourth-order valence-corrected chi connectivity index (χ4v) is 3.92. The van der Waals surface area contributed by atoms with Crippen molar-refractivity contribution in [1.29, 1.82) is 0 Å². The lowest BCUT2D eigenvalue weighted by molar-refractivity contribution is 0.0984. The molecule has 0 saturated carbocycles. The molecule has 27 heavy (non-hydrogen) atoms. The predicted molar refractivity (Wildman–Crippen MR) is 105 cm³/mol. The zero-order valence-electron chi connectivity index (χ0n) is 15.4. The maximum absolute atomic E-state index is 13.2. The Morgan fingerprint density at radius 1 is 1.00 bits per heavy atom. The molecular weight excluding hydrogens is 340 g/mol. The summed E-state index contributed by atoms with van der Waals surface area (Å²) in [5.41, 5.74) is 3.53. The molecule has 0 atom stereocenters. The summed E-state index contributed by atoms with van der Waals surface area (Å²) in [6.07, 6.45) is 1.74. The summed E-state index contributed by atoms with van der Waals surface area (Å²) in [7, 11) is 2.14. The quantitative estimate of drug-likeness (QED) is 0.696. The van der Waals surface area contributed by atoms with Crippen molar-refractivity contribution in [1.82, 2.24) is 19.4 Å². The number of para-hydroxylation sites is 2. The lowest BCUT2D eigenvalue weighted by Gasteiger charge is -2.34. The van der Waals surface area contributed by atoms with Crippen LogP contribution in [0.5, 0.6) is 0 Å². The molecule has 0 N–H and O–H groups in total. The minimum Gasteiger partial charge on any atom is -0.369 e. The second kappa shape index (κ2) is 6.35. The third kappa shape index (κ3) is 2.75. The van der Waals surface area contributed by atoms with E-state index < -0.39 is 0 Å². The van der Waals surface area contributed by atoms with Crippen molar-refractivity contribution in [2.45, 2.75) is 6.54 Å². The van der Waals surface area contributed by atoms with Crippen molar-refractivity contribution in [2.75, 3.05) is 49.6 Å². The SMILES string of the molecule is CN1CCN(c2ccnc(C(=O)N3CCn4c3nc3ccccc34)c2)CC1. The van der Waals surface area contributed by atoms with Crippen LogP contribution in [0.15, 0.2) is 42.6 Å². The average molecular weight is 362 g/mol. The van der Waals surface area contributed by atoms with Crippen LogP contribution in [0, 0.1) is 0 Å². The van der Waals surface area contributed by atoms with E-state index in [-0.39, 0.29) is 5.91 Å². The standard InChI is InChI=1S/C20H22N6O/c1-23-8-10-24(11-9-23)15-6-7-21-17(14-15)19(27)26-13-12-25-18-5-3-2-4-16(18)22-20(25)26/h2-7,14H,8-13H2,1H3. The topological polar surface area (TPSA) is 57.5 Å². The van der Waals surface area contributed by atoms with Gasteiger partial charge in [0, 0.05) is 51.2 Å². The zero-order chi connectivity index (χ0) is 18.4. The van der Waals surface area contributed by atoms with E-state index in [1.165, 1.54) is 0 Å². The van der Waals surface area contributed by atoms with Gasteiger partial charge in [0.15, 0.2) is 0 Å². The summed E-state index contributed by atoms with van der Waals surface area (Å²) in [6, 6.07) is 11.9. The van der Waals surface area contributed by atoms with E-state index in [1.807, 2.05) is 36.4 Å². The van der Waals surface area contributed by atoms with E-state index in [9.17, 15) is 4.79 Å². The Balaban J connectivity index is 1.43. The van der Waals surface area contributed by atoms with Gasteiger partial charge in [-0.05, 0) is 31.3 Å². The number of imidazole rings is 1. The molecule has 7 nitrogen and oxygen atoms in total. The number of hydrogen-bond acceptors (Lipinski definition) is 5. The lowest BCUT2D eigenvalue weighted by atomic mass is 10.2. The van der Waals surface area contributed by atoms with Gasteiger partial charge in [0.05, 0.1) is 11.0 Å². The van der Waals surface area contributed by atoms with Gasteiger partial charge in [-0.1, -0.05) is 12.1 Å². The first-order valence-electron chi connectivity index (χ1n) is 9.37. The highest BCUT2D eigenvalue weighted by atomic mass is 16.2. The lowest BCUT2D eigenvalue weighted by Crippen LogP contribution is -2.44. The van der Waals surface area contributed by atoms with Crippen molar-refractivity contribution in [3.05, 3.63) is 48.3 Å². The molecule has 5 rings (SSSR count). The molecule has 1 fully saturated rings. The van der Waals surface area contributed by atoms with Crippen LogP contribution in [-0.2, 0) is 6.54 Å². The number of nitrogens with zero attached hydrogens (tertiary/aromatic N) is 6. The van der Waals surface area contributed by atoms with Crippen LogP contribution < -0.4 is 9.80 Å². The van der Waals surface area contributed by atoms with Crippen LogP contribution in [-0.4, -0.2) is 65.1 Å². The van der Waals surface area contributed by atoms with Crippen LogP contribution in [0.2, 0.25) is 0 Å². The fourth-order valence-electron chi connectivity index (χ4n) is 3.92. The Morgan fingerprint density at radius 3 is 2.67 bits per heavy atom. The Labute approximate surface area is 157 Å². The van der Waals surface area contributed by atoms with E-state index in [2.05, 4.69) is 31.4 Å². The predicted octanol–water partition coefficient (Wildman–Crippen LogP) is 1.84. The number of anilines is 2. The molecule has 1 amide bonds. The normalized spacial score (nSPS) is 17.5. The second-order valence-corrected chi connectivity index (χ2v) is 7.20. The number of carbonyl (C=O) groups excluding carboxylic acids is 1. The molecule has 7 heteroatoms. The van der Waals surface area contributed by atoms with Crippen molar-refractivity contribution < 1.29 is 4.79 Å². The summed E-state index contributed by atoms with van der Waals surface area (Å²) in [5.74, 6) is 0.632. The molecule has 0 radical (unpaired) electrons. The van der Waals surface area contributed by atoms with Crippen molar-refractivity contribution in [2.24, 2.45) is 0 Å². The van der Waals surface area contributed by atoms with Crippen LogP contribution in [0.4, 0.5) is 11.6 Å². The number of aromatic nitrogens is 3. The number of piperazine rings is 1. The first-order chi connectivity index (χ1) is 13.2. The van der Waals surface area contributed by atoms with Gasteiger partial charge in [-0.15, -0.1) is 0 Å². The molecular formula is C20H22N6O. The summed E-state index contributed by atoms with van der Waals surface area (Å²) >= 11 is 0. The number of pyridine rings is 1. The van der Waals surface area contributed by atoms with Crippen molar-refractivity contribution >= 4 is 28.6 Å². The monoisotopic (exact) mass is 362 g/mol. The molecule has 2 aliphatic heterocycles. The molecule has 0 spiro atoms. The van der Waals surface area contributed by atoms with Crippen LogP contribution in [0.3, 0.4) is 0 Å². The summed E-state index contributed by atoms with van der Waals surface area (Å²) in [6.45, 7) is 5.39. The van der Waals surface area contributed by atoms with E-state index in [0.717, 1.165) is 49.4 Å². The third-order valence-electron chi connectivity index (χ3n) is 5.50. The van der Waals surface area contributed by atoms with E-state index >= 15 is 0 Å². The summed E-state index contributed by atoms with van der Waals surface area (Å²) in [4.78, 5) is 28.6. The maximum atomic E-state index is 13.2. The molecule has 1 saturated heterocycles. The maximum Gasteiger partial charge on any atom is 0.279 e. The zero-order valence-corrected chi connectivity index (χ0v) is 15.4. The van der Waals surface area contributed by atoms with Gasteiger partial charge in [-0.25, -0.2) is 4.98 Å². The Bertz CT molecular complexity index is 1000. The van der Waals surface area contributed by atoms with Crippen molar-refractivity contribution in [3.63, 3.8) is 0 Å². The minimum atomic E-state index is -0.0833. The second-order valence-electron chi connectivity index (χ2n) is 7.20. The van der Waals surface area contributed by atoms with E-state index in [4.69, 9.17) is 0 Å². The van der Waals surface area contributed by atoms with Gasteiger partial charge in [0.25, 0.3) is 5.91 Å². The third-order valence-corrected chi connectivity index (χ3v) is 5.50. The Hall–Kier alpha value is -2.93. The van der Waals surface area contributed by atoms with E-state index in [0.29, 0.717) is 18.2 Å². The summed E-state index contributed by atoms with van der Waals surface area (Å²) in [5, 5.41) is 0. The number of carbonyl (C=O) groups is 1. The fraction of sp³-hybridized carbons (Fsp3) is 0.350. The molecule has 1 aromatic carbocycles. The van der Waals surface area contributed by atoms with Gasteiger partial charge < -0.3 is 14.4 Å². The van der Waals surface area contributed by atoms with Gasteiger partial charge in [-0.2, -0.15) is 0 Å². The van der Waals surface area contributed by atoms with Crippen LogP contribution in [0.25, 0.3) is 11.0 Å². The van der Waals surface area contributed by atoms with Gasteiger partial charge in [-0.3, -0.25) is 14.7 Å². The Kier molecular flexibility index (Phi) is 3.82.